The quantitative estimate of drug-likeness (QED) is 0.530. The molecule has 1 N–H and O–H groups in total. The fraction of sp³-hybridized carbons (Fsp3) is 0.250. The Balaban J connectivity index is 0.00000121. The Morgan fingerprint density at radius 3 is 2.33 bits per heavy atom. The number of halogens is 1. The van der Waals surface area contributed by atoms with E-state index in [1.54, 1.807) is 0 Å². The van der Waals surface area contributed by atoms with E-state index in [0.717, 1.165) is 0 Å². The molecule has 12 heavy (non-hydrogen) atoms. The highest BCUT2D eigenvalue weighted by molar-refractivity contribution is 5.66. The minimum Gasteiger partial charge on any atom is -1.00 e. The van der Waals surface area contributed by atoms with Crippen molar-refractivity contribution in [3.8, 4) is 0 Å². The third kappa shape index (κ3) is 3.93. The van der Waals surface area contributed by atoms with Crippen LogP contribution in [0.3, 0.4) is 0 Å². The van der Waals surface area contributed by atoms with Crippen LogP contribution in [0.25, 0.3) is 0 Å². The van der Waals surface area contributed by atoms with Crippen LogP contribution in [-0.2, 0) is 11.3 Å². The molecule has 1 heterocycles. The smallest absolute Gasteiger partial charge is 0.309 e. The van der Waals surface area contributed by atoms with Gasteiger partial charge in [-0.3, -0.25) is 4.79 Å². The zero-order valence-corrected chi connectivity index (χ0v) is 7.24. The maximum absolute atomic E-state index is 10.2. The lowest BCUT2D eigenvalue weighted by Gasteiger charge is -1.90. The number of aliphatic carboxylic acids is 1. The lowest BCUT2D eigenvalue weighted by molar-refractivity contribution is -0.696. The van der Waals surface area contributed by atoms with Crippen molar-refractivity contribution >= 4 is 5.97 Å². The van der Waals surface area contributed by atoms with Crippen LogP contribution < -0.4 is 17.0 Å². The van der Waals surface area contributed by atoms with Gasteiger partial charge in [0, 0.05) is 12.1 Å². The van der Waals surface area contributed by atoms with Crippen LogP contribution in [0.1, 0.15) is 6.42 Å². The second kappa shape index (κ2) is 5.55. The highest BCUT2D eigenvalue weighted by Gasteiger charge is 2.01. The molecule has 0 aliphatic rings. The van der Waals surface area contributed by atoms with Crippen molar-refractivity contribution < 1.29 is 26.9 Å². The van der Waals surface area contributed by atoms with Crippen molar-refractivity contribution in [2.24, 2.45) is 0 Å². The van der Waals surface area contributed by atoms with Gasteiger partial charge in [-0.15, -0.1) is 0 Å². The van der Waals surface area contributed by atoms with Crippen LogP contribution in [-0.4, -0.2) is 11.1 Å². The zero-order chi connectivity index (χ0) is 8.10. The van der Waals surface area contributed by atoms with E-state index in [4.69, 9.17) is 5.11 Å². The summed E-state index contributed by atoms with van der Waals surface area (Å²) in [5.74, 6) is -0.763. The predicted molar refractivity (Wildman–Crippen MR) is 38.9 cm³/mol. The van der Waals surface area contributed by atoms with Crippen LogP contribution in [0.4, 0.5) is 0 Å². The number of hydrogen-bond donors (Lipinski definition) is 1. The summed E-state index contributed by atoms with van der Waals surface area (Å²) in [4.78, 5) is 10.2. The summed E-state index contributed by atoms with van der Waals surface area (Å²) in [5, 5.41) is 8.36. The Bertz CT molecular complexity index is 238. The van der Waals surface area contributed by atoms with Crippen LogP contribution in [0.5, 0.6) is 0 Å². The summed E-state index contributed by atoms with van der Waals surface area (Å²) in [7, 11) is 0. The average Bonchev–Trinajstić information content (AvgIpc) is 2.03. The third-order valence-electron chi connectivity index (χ3n) is 1.36. The molecule has 0 aliphatic heterocycles. The van der Waals surface area contributed by atoms with Gasteiger partial charge < -0.3 is 17.5 Å². The summed E-state index contributed by atoms with van der Waals surface area (Å²) < 4.78 is 1.84. The van der Waals surface area contributed by atoms with E-state index in [1.807, 2.05) is 35.2 Å². The van der Waals surface area contributed by atoms with Crippen LogP contribution >= 0.6 is 0 Å². The molecule has 0 fully saturated rings. The molecule has 0 saturated carbocycles. The van der Waals surface area contributed by atoms with Gasteiger partial charge in [-0.25, -0.2) is 4.57 Å². The number of pyridine rings is 1. The summed E-state index contributed by atoms with van der Waals surface area (Å²) >= 11 is 0. The van der Waals surface area contributed by atoms with Crippen LogP contribution in [0, 0.1) is 0 Å². The summed E-state index contributed by atoms with van der Waals surface area (Å²) in [6, 6.07) is 5.65. The molecule has 0 atom stereocenters. The van der Waals surface area contributed by atoms with E-state index < -0.39 is 5.97 Å². The van der Waals surface area contributed by atoms with Gasteiger partial charge in [-0.05, 0) is 0 Å². The monoisotopic (exact) mass is 187 g/mol. The summed E-state index contributed by atoms with van der Waals surface area (Å²) in [5.41, 5.74) is 0. The van der Waals surface area contributed by atoms with E-state index in [-0.39, 0.29) is 18.8 Å². The van der Waals surface area contributed by atoms with E-state index in [1.165, 1.54) is 0 Å². The number of aromatic nitrogens is 1. The first-order valence-electron chi connectivity index (χ1n) is 3.45. The highest BCUT2D eigenvalue weighted by Crippen LogP contribution is 1.81. The van der Waals surface area contributed by atoms with E-state index in [9.17, 15) is 4.79 Å². The predicted octanol–water partition coefficient (Wildman–Crippen LogP) is -2.55. The molecule has 0 unspecified atom stereocenters. The fourth-order valence-corrected chi connectivity index (χ4v) is 0.808. The van der Waals surface area contributed by atoms with Gasteiger partial charge in [0.2, 0.25) is 0 Å². The summed E-state index contributed by atoms with van der Waals surface area (Å²) in [6.07, 6.45) is 3.88. The molecule has 0 spiro atoms. The molecule has 0 aliphatic carbocycles. The van der Waals surface area contributed by atoms with Crippen molar-refractivity contribution in [3.63, 3.8) is 0 Å². The van der Waals surface area contributed by atoms with Crippen molar-refractivity contribution in [1.29, 1.82) is 0 Å². The first-order chi connectivity index (χ1) is 5.29. The largest absolute Gasteiger partial charge is 1.00 e. The Labute approximate surface area is 77.1 Å². The first-order valence-corrected chi connectivity index (χ1v) is 3.45. The second-order valence-corrected chi connectivity index (χ2v) is 2.26. The molecule has 1 rings (SSSR count). The lowest BCUT2D eigenvalue weighted by atomic mass is 10.4. The number of hydrogen-bond acceptors (Lipinski definition) is 1. The van der Waals surface area contributed by atoms with Gasteiger partial charge in [0.15, 0.2) is 18.9 Å². The molecule has 0 bridgehead atoms. The number of carboxylic acids is 1. The highest BCUT2D eigenvalue weighted by atomic mass is 35.5. The molecule has 0 radical (unpaired) electrons. The maximum Gasteiger partial charge on any atom is 0.309 e. The third-order valence-corrected chi connectivity index (χ3v) is 1.36. The number of rotatable bonds is 3. The second-order valence-electron chi connectivity index (χ2n) is 2.26. The number of carboxylic acid groups (broad SMARTS) is 1. The number of aryl methyl sites for hydroxylation is 1. The van der Waals surface area contributed by atoms with Gasteiger partial charge >= 0.3 is 5.97 Å². The molecule has 3 nitrogen and oxygen atoms in total. The zero-order valence-electron chi connectivity index (χ0n) is 6.48. The molecule has 0 aromatic carbocycles. The Morgan fingerprint density at radius 1 is 1.25 bits per heavy atom. The molecule has 1 aromatic heterocycles. The molecule has 66 valence electrons. The SMILES string of the molecule is O=C(O)CC[n+]1ccccc1.[Cl-]. The van der Waals surface area contributed by atoms with Gasteiger partial charge in [0.05, 0.1) is 0 Å². The Kier molecular flexibility index (Phi) is 5.04. The van der Waals surface area contributed by atoms with E-state index >= 15 is 0 Å². The molecule has 1 aromatic rings. The van der Waals surface area contributed by atoms with E-state index in [2.05, 4.69) is 0 Å². The normalized spacial score (nSPS) is 8.67. The molecular formula is C8H10ClNO2. The maximum atomic E-state index is 10.2. The molecular weight excluding hydrogens is 178 g/mol. The van der Waals surface area contributed by atoms with E-state index in [0.29, 0.717) is 6.54 Å². The molecule has 0 saturated heterocycles. The van der Waals surface area contributed by atoms with Crippen molar-refractivity contribution in [3.05, 3.63) is 30.6 Å². The Hall–Kier alpha value is -1.09. The standard InChI is InChI=1S/C8H9NO2.ClH/c10-8(11)4-7-9-5-2-1-3-6-9;/h1-3,5-6H,4,7H2;1H. The summed E-state index contributed by atoms with van der Waals surface area (Å²) in [6.45, 7) is 0.538. The lowest BCUT2D eigenvalue weighted by Crippen LogP contribution is -3.00. The number of nitrogens with zero attached hydrogens (tertiary/aromatic N) is 1. The van der Waals surface area contributed by atoms with Crippen molar-refractivity contribution in [2.45, 2.75) is 13.0 Å². The average molecular weight is 188 g/mol. The topological polar surface area (TPSA) is 41.2 Å². The fourth-order valence-electron chi connectivity index (χ4n) is 0.808. The minimum atomic E-state index is -0.763. The minimum absolute atomic E-state index is 0. The number of carbonyl (C=O) groups is 1. The Morgan fingerprint density at radius 2 is 1.83 bits per heavy atom. The van der Waals surface area contributed by atoms with Crippen molar-refractivity contribution in [1.82, 2.24) is 0 Å². The van der Waals surface area contributed by atoms with Gasteiger partial charge in [0.1, 0.15) is 6.42 Å². The first kappa shape index (κ1) is 10.9. The molecule has 4 heteroatoms. The van der Waals surface area contributed by atoms with Crippen LogP contribution in [0.2, 0.25) is 0 Å². The van der Waals surface area contributed by atoms with Gasteiger partial charge in [-0.2, -0.15) is 0 Å². The molecule has 0 amide bonds. The van der Waals surface area contributed by atoms with Gasteiger partial charge in [0.25, 0.3) is 0 Å². The van der Waals surface area contributed by atoms with Crippen molar-refractivity contribution in [2.75, 3.05) is 0 Å². The van der Waals surface area contributed by atoms with Gasteiger partial charge in [-0.1, -0.05) is 6.07 Å². The van der Waals surface area contributed by atoms with Crippen LogP contribution in [0.15, 0.2) is 30.6 Å².